The summed E-state index contributed by atoms with van der Waals surface area (Å²) in [5.74, 6) is 0. The van der Waals surface area contributed by atoms with Crippen molar-refractivity contribution < 1.29 is 0 Å². The van der Waals surface area contributed by atoms with Gasteiger partial charge in [-0.25, -0.2) is 0 Å². The third kappa shape index (κ3) is 4.84. The highest BCUT2D eigenvalue weighted by atomic mass is 14.8. The quantitative estimate of drug-likeness (QED) is 0.670. The molecule has 0 aliphatic rings. The fourth-order valence-electron chi connectivity index (χ4n) is 1.57. The lowest BCUT2D eigenvalue weighted by Crippen LogP contribution is -2.14. The van der Waals surface area contributed by atoms with E-state index in [-0.39, 0.29) is 0 Å². The highest BCUT2D eigenvalue weighted by Crippen LogP contribution is 2.09. The molecule has 0 radical (unpaired) electrons. The van der Waals surface area contributed by atoms with E-state index in [1.165, 1.54) is 30.5 Å². The van der Waals surface area contributed by atoms with E-state index >= 15 is 0 Å². The van der Waals surface area contributed by atoms with Crippen molar-refractivity contribution in [3.63, 3.8) is 0 Å². The van der Waals surface area contributed by atoms with Crippen molar-refractivity contribution in [1.82, 2.24) is 5.32 Å². The molecule has 2 heteroatoms. The minimum absolute atomic E-state index is 0.971. The van der Waals surface area contributed by atoms with Crippen LogP contribution in [0.4, 0.5) is 5.69 Å². The third-order valence-electron chi connectivity index (χ3n) is 2.50. The van der Waals surface area contributed by atoms with Gasteiger partial charge in [0.05, 0.1) is 0 Å². The van der Waals surface area contributed by atoms with Crippen molar-refractivity contribution in [2.45, 2.75) is 32.7 Å². The molecule has 1 aromatic carbocycles. The predicted octanol–water partition coefficient (Wildman–Crippen LogP) is 3.01. The first-order valence-corrected chi connectivity index (χ1v) is 5.84. The zero-order valence-corrected chi connectivity index (χ0v) is 9.84. The van der Waals surface area contributed by atoms with Gasteiger partial charge in [-0.05, 0) is 30.7 Å². The van der Waals surface area contributed by atoms with Crippen LogP contribution in [0.15, 0.2) is 24.3 Å². The molecule has 1 aromatic rings. The molecular weight excluding hydrogens is 184 g/mol. The lowest BCUT2D eigenvalue weighted by atomic mass is 10.2. The van der Waals surface area contributed by atoms with Crippen LogP contribution < -0.4 is 10.6 Å². The molecule has 0 heterocycles. The molecule has 0 amide bonds. The molecule has 2 nitrogen and oxygen atoms in total. The Bertz CT molecular complexity index is 271. The molecule has 1 rings (SSSR count). The zero-order valence-electron chi connectivity index (χ0n) is 9.84. The topological polar surface area (TPSA) is 24.1 Å². The van der Waals surface area contributed by atoms with E-state index in [0.717, 1.165) is 13.1 Å². The summed E-state index contributed by atoms with van der Waals surface area (Å²) in [4.78, 5) is 0. The van der Waals surface area contributed by atoms with E-state index in [9.17, 15) is 0 Å². The highest BCUT2D eigenvalue weighted by Gasteiger charge is 1.93. The van der Waals surface area contributed by atoms with Gasteiger partial charge in [-0.2, -0.15) is 0 Å². The number of benzene rings is 1. The van der Waals surface area contributed by atoms with Gasteiger partial charge < -0.3 is 10.6 Å². The number of nitrogens with one attached hydrogen (secondary N) is 2. The van der Waals surface area contributed by atoms with E-state index in [0.29, 0.717) is 0 Å². The molecule has 0 aliphatic heterocycles. The Hall–Kier alpha value is -1.02. The van der Waals surface area contributed by atoms with E-state index in [1.807, 2.05) is 7.05 Å². The van der Waals surface area contributed by atoms with Gasteiger partial charge in [-0.3, -0.25) is 0 Å². The third-order valence-corrected chi connectivity index (χ3v) is 2.50. The van der Waals surface area contributed by atoms with Crippen molar-refractivity contribution in [3.05, 3.63) is 29.8 Å². The predicted molar refractivity (Wildman–Crippen MR) is 67.2 cm³/mol. The Kier molecular flexibility index (Phi) is 5.86. The van der Waals surface area contributed by atoms with Gasteiger partial charge in [-0.1, -0.05) is 31.9 Å². The summed E-state index contributed by atoms with van der Waals surface area (Å²) in [6, 6.07) is 8.52. The number of hydrogen-bond acceptors (Lipinski definition) is 2. The smallest absolute Gasteiger partial charge is 0.0340 e. The molecule has 84 valence electrons. The Balaban J connectivity index is 2.24. The van der Waals surface area contributed by atoms with Gasteiger partial charge in [0.25, 0.3) is 0 Å². The second-order valence-electron chi connectivity index (χ2n) is 3.83. The van der Waals surface area contributed by atoms with Crippen molar-refractivity contribution in [1.29, 1.82) is 0 Å². The number of anilines is 1. The lowest BCUT2D eigenvalue weighted by Gasteiger charge is -2.06. The van der Waals surface area contributed by atoms with E-state index < -0.39 is 0 Å². The van der Waals surface area contributed by atoms with Gasteiger partial charge in [0.1, 0.15) is 0 Å². The summed E-state index contributed by atoms with van der Waals surface area (Å²) in [7, 11) is 1.95. The molecule has 0 spiro atoms. The minimum Gasteiger partial charge on any atom is -0.388 e. The maximum absolute atomic E-state index is 3.46. The maximum Gasteiger partial charge on any atom is 0.0340 e. The molecule has 15 heavy (non-hydrogen) atoms. The van der Waals surface area contributed by atoms with Crippen molar-refractivity contribution in [2.75, 3.05) is 18.9 Å². The average molecular weight is 206 g/mol. The van der Waals surface area contributed by atoms with Gasteiger partial charge in [-0.15, -0.1) is 0 Å². The van der Waals surface area contributed by atoms with Crippen LogP contribution in [0.5, 0.6) is 0 Å². The molecule has 0 bridgehead atoms. The summed E-state index contributed by atoms with van der Waals surface area (Å²) in [5, 5.41) is 6.61. The first-order valence-electron chi connectivity index (χ1n) is 5.84. The van der Waals surface area contributed by atoms with E-state index in [1.54, 1.807) is 0 Å². The fourth-order valence-corrected chi connectivity index (χ4v) is 1.57. The summed E-state index contributed by atoms with van der Waals surface area (Å²) >= 11 is 0. The Morgan fingerprint density at radius 2 is 2.07 bits per heavy atom. The molecule has 0 aromatic heterocycles. The number of hydrogen-bond donors (Lipinski definition) is 2. The van der Waals surface area contributed by atoms with E-state index in [2.05, 4.69) is 41.8 Å². The highest BCUT2D eigenvalue weighted by molar-refractivity contribution is 5.44. The monoisotopic (exact) mass is 206 g/mol. The summed E-state index contributed by atoms with van der Waals surface area (Å²) in [6.45, 7) is 4.33. The van der Waals surface area contributed by atoms with Crippen LogP contribution >= 0.6 is 0 Å². The van der Waals surface area contributed by atoms with Gasteiger partial charge >= 0.3 is 0 Å². The van der Waals surface area contributed by atoms with Crippen molar-refractivity contribution >= 4 is 5.69 Å². The molecule has 0 saturated heterocycles. The van der Waals surface area contributed by atoms with Gasteiger partial charge in [0.15, 0.2) is 0 Å². The molecule has 2 N–H and O–H groups in total. The molecule has 0 saturated carbocycles. The van der Waals surface area contributed by atoms with Crippen LogP contribution in [-0.4, -0.2) is 13.6 Å². The fraction of sp³-hybridized carbons (Fsp3) is 0.538. The second-order valence-corrected chi connectivity index (χ2v) is 3.83. The van der Waals surface area contributed by atoms with Crippen LogP contribution in [0.3, 0.4) is 0 Å². The normalized spacial score (nSPS) is 10.3. The van der Waals surface area contributed by atoms with Crippen molar-refractivity contribution in [3.8, 4) is 0 Å². The molecule has 0 atom stereocenters. The van der Waals surface area contributed by atoms with Gasteiger partial charge in [0, 0.05) is 19.3 Å². The first-order chi connectivity index (χ1) is 7.36. The Labute approximate surface area is 93.1 Å². The van der Waals surface area contributed by atoms with Crippen LogP contribution in [0.25, 0.3) is 0 Å². The zero-order chi connectivity index (χ0) is 10.9. The number of rotatable bonds is 7. The van der Waals surface area contributed by atoms with Crippen LogP contribution in [0.1, 0.15) is 31.7 Å². The minimum atomic E-state index is 0.971. The molecule has 0 unspecified atom stereocenters. The van der Waals surface area contributed by atoms with Crippen LogP contribution in [-0.2, 0) is 6.54 Å². The Morgan fingerprint density at radius 3 is 2.80 bits per heavy atom. The average Bonchev–Trinajstić information content (AvgIpc) is 2.29. The molecule has 0 fully saturated rings. The largest absolute Gasteiger partial charge is 0.388 e. The summed E-state index contributed by atoms with van der Waals surface area (Å²) in [5.41, 5.74) is 2.53. The van der Waals surface area contributed by atoms with Gasteiger partial charge in [0.2, 0.25) is 0 Å². The SMILES string of the molecule is CCCCCNCc1cccc(NC)c1. The second kappa shape index (κ2) is 7.30. The lowest BCUT2D eigenvalue weighted by molar-refractivity contribution is 0.617. The summed E-state index contributed by atoms with van der Waals surface area (Å²) < 4.78 is 0. The van der Waals surface area contributed by atoms with Crippen LogP contribution in [0, 0.1) is 0 Å². The Morgan fingerprint density at radius 1 is 1.20 bits per heavy atom. The van der Waals surface area contributed by atoms with Crippen LogP contribution in [0.2, 0.25) is 0 Å². The van der Waals surface area contributed by atoms with E-state index in [4.69, 9.17) is 0 Å². The standard InChI is InChI=1S/C13H22N2/c1-3-4-5-9-15-11-12-7-6-8-13(10-12)14-2/h6-8,10,14-15H,3-5,9,11H2,1-2H3. The molecule has 0 aliphatic carbocycles. The number of unbranched alkanes of at least 4 members (excludes halogenated alkanes) is 2. The van der Waals surface area contributed by atoms with Crippen molar-refractivity contribution in [2.24, 2.45) is 0 Å². The maximum atomic E-state index is 3.46. The summed E-state index contributed by atoms with van der Waals surface area (Å²) in [6.07, 6.45) is 3.89. The first kappa shape index (κ1) is 12.1. The molecular formula is C13H22N2.